The van der Waals surface area contributed by atoms with Gasteiger partial charge in [-0.1, -0.05) is 88.0 Å². The minimum atomic E-state index is -3.72. The van der Waals surface area contributed by atoms with Crippen molar-refractivity contribution in [2.45, 2.75) is 68.3 Å². The first-order chi connectivity index (χ1) is 22.4. The van der Waals surface area contributed by atoms with Crippen molar-refractivity contribution < 1.29 is 21.6 Å². The highest BCUT2D eigenvalue weighted by Crippen LogP contribution is 2.31. The lowest BCUT2D eigenvalue weighted by atomic mass is 10.2. The van der Waals surface area contributed by atoms with Gasteiger partial charge in [0.05, 0.1) is 21.6 Å². The van der Waals surface area contributed by atoms with Crippen molar-refractivity contribution >= 4 is 43.4 Å². The van der Waals surface area contributed by atoms with Crippen molar-refractivity contribution in [3.05, 3.63) is 83.9 Å². The highest BCUT2D eigenvalue weighted by atomic mass is 32.2. The summed E-state index contributed by atoms with van der Waals surface area (Å²) >= 11 is 1.20. The lowest BCUT2D eigenvalue weighted by molar-refractivity contribution is -0.115. The fraction of sp³-hybridized carbons (Fsp3) is 0.364. The lowest BCUT2D eigenvalue weighted by Crippen LogP contribution is -2.31. The van der Waals surface area contributed by atoms with Crippen LogP contribution in [-0.2, 0) is 31.4 Å². The van der Waals surface area contributed by atoms with Gasteiger partial charge in [-0.25, -0.2) is 16.8 Å². The van der Waals surface area contributed by atoms with Crippen LogP contribution in [-0.4, -0.2) is 77.5 Å². The summed E-state index contributed by atoms with van der Waals surface area (Å²) < 4.78 is 57.7. The molecule has 0 saturated heterocycles. The molecule has 14 heteroatoms. The zero-order chi connectivity index (χ0) is 34.4. The summed E-state index contributed by atoms with van der Waals surface area (Å²) in [6.07, 6.45) is 0. The van der Waals surface area contributed by atoms with Crippen molar-refractivity contribution in [3.63, 3.8) is 0 Å². The number of carbonyl (C=O) groups is 1. The highest BCUT2D eigenvalue weighted by molar-refractivity contribution is 8.00. The van der Waals surface area contributed by atoms with E-state index in [-0.39, 0.29) is 15.7 Å². The summed E-state index contributed by atoms with van der Waals surface area (Å²) in [6.45, 7) is 12.4. The molecular formula is C33H42N6O5S3. The second kappa shape index (κ2) is 15.6. The number of hydrogen-bond donors (Lipinski definition) is 1. The molecule has 1 amide bonds. The smallest absolute Gasteiger partial charge is 0.243 e. The standard InChI is InChI=1S/C33H42N6O5S3/c1-7-37(8-2)46(41,42)29-18-14-17-27(21-29)31-35-36-33(39(31)23-26-15-12-11-13-16-26)45-25(6)32(40)34-28-20-19-24(5)30(22-28)47(43,44)38(9-3)10-4/h11-22,25H,7-10,23H2,1-6H3,(H,34,40)/t25-/m0/s1. The van der Waals surface area contributed by atoms with Gasteiger partial charge in [0.15, 0.2) is 11.0 Å². The van der Waals surface area contributed by atoms with Gasteiger partial charge in [0.2, 0.25) is 26.0 Å². The second-order valence-electron chi connectivity index (χ2n) is 10.8. The fourth-order valence-electron chi connectivity index (χ4n) is 5.12. The van der Waals surface area contributed by atoms with Crippen molar-refractivity contribution in [1.29, 1.82) is 0 Å². The van der Waals surface area contributed by atoms with Crippen LogP contribution in [0.5, 0.6) is 0 Å². The Morgan fingerprint density at radius 2 is 1.47 bits per heavy atom. The quantitative estimate of drug-likeness (QED) is 0.161. The fourth-order valence-corrected chi connectivity index (χ4v) is 9.18. The van der Waals surface area contributed by atoms with E-state index in [9.17, 15) is 21.6 Å². The Bertz CT molecular complexity index is 1910. The monoisotopic (exact) mass is 698 g/mol. The second-order valence-corrected chi connectivity index (χ2v) is 16.0. The van der Waals surface area contributed by atoms with Gasteiger partial charge in [-0.2, -0.15) is 8.61 Å². The zero-order valence-electron chi connectivity index (χ0n) is 27.5. The number of carbonyl (C=O) groups excluding carboxylic acids is 1. The van der Waals surface area contributed by atoms with E-state index < -0.39 is 25.3 Å². The molecule has 47 heavy (non-hydrogen) atoms. The van der Waals surface area contributed by atoms with Crippen LogP contribution >= 0.6 is 11.8 Å². The Hall–Kier alpha value is -3.56. The highest BCUT2D eigenvalue weighted by Gasteiger charge is 2.27. The predicted molar refractivity (Wildman–Crippen MR) is 186 cm³/mol. The van der Waals surface area contributed by atoms with Gasteiger partial charge in [-0.05, 0) is 49.2 Å². The van der Waals surface area contributed by atoms with E-state index in [0.29, 0.717) is 60.5 Å². The van der Waals surface area contributed by atoms with Crippen LogP contribution in [0.25, 0.3) is 11.4 Å². The molecule has 0 aliphatic carbocycles. The molecule has 1 heterocycles. The van der Waals surface area contributed by atoms with Crippen LogP contribution in [0, 0.1) is 6.92 Å². The van der Waals surface area contributed by atoms with Gasteiger partial charge in [0.25, 0.3) is 0 Å². The predicted octanol–water partition coefficient (Wildman–Crippen LogP) is 5.48. The SMILES string of the molecule is CCN(CC)S(=O)(=O)c1cccc(-c2nnc(S[C@@H](C)C(=O)Nc3ccc(C)c(S(=O)(=O)N(CC)CC)c3)n2Cc2ccccc2)c1. The first kappa shape index (κ1) is 36.3. The molecule has 0 aliphatic rings. The van der Waals surface area contributed by atoms with Gasteiger partial charge in [0, 0.05) is 37.4 Å². The third-order valence-corrected chi connectivity index (χ3v) is 13.1. The molecule has 1 aromatic heterocycles. The average Bonchev–Trinajstić information content (AvgIpc) is 3.44. The summed E-state index contributed by atoms with van der Waals surface area (Å²) in [7, 11) is -7.43. The summed E-state index contributed by atoms with van der Waals surface area (Å²) in [4.78, 5) is 13.7. The molecule has 0 radical (unpaired) electrons. The van der Waals surface area contributed by atoms with Crippen LogP contribution in [0.1, 0.15) is 45.7 Å². The number of benzene rings is 3. The number of amides is 1. The molecule has 252 valence electrons. The third-order valence-electron chi connectivity index (χ3n) is 7.77. The molecule has 4 rings (SSSR count). The molecule has 4 aromatic rings. The summed E-state index contributed by atoms with van der Waals surface area (Å²) in [6, 6.07) is 21.2. The summed E-state index contributed by atoms with van der Waals surface area (Å²) in [5.41, 5.74) is 2.51. The maximum Gasteiger partial charge on any atom is 0.243 e. The van der Waals surface area contributed by atoms with Gasteiger partial charge in [-0.15, -0.1) is 10.2 Å². The molecule has 0 spiro atoms. The van der Waals surface area contributed by atoms with Crippen LogP contribution in [0.4, 0.5) is 5.69 Å². The Balaban J connectivity index is 1.65. The molecule has 0 saturated carbocycles. The van der Waals surface area contributed by atoms with Gasteiger partial charge in [0.1, 0.15) is 0 Å². The van der Waals surface area contributed by atoms with Gasteiger partial charge in [-0.3, -0.25) is 9.36 Å². The molecule has 0 unspecified atom stereocenters. The topological polar surface area (TPSA) is 135 Å². The minimum absolute atomic E-state index is 0.150. The number of thioether (sulfide) groups is 1. The van der Waals surface area contributed by atoms with E-state index in [2.05, 4.69) is 15.5 Å². The first-order valence-corrected chi connectivity index (χ1v) is 19.3. The first-order valence-electron chi connectivity index (χ1n) is 15.5. The summed E-state index contributed by atoms with van der Waals surface area (Å²) in [5, 5.41) is 11.6. The van der Waals surface area contributed by atoms with E-state index in [1.807, 2.05) is 34.9 Å². The van der Waals surface area contributed by atoms with E-state index >= 15 is 0 Å². The largest absolute Gasteiger partial charge is 0.325 e. The molecule has 3 aromatic carbocycles. The van der Waals surface area contributed by atoms with E-state index in [1.54, 1.807) is 77.9 Å². The zero-order valence-corrected chi connectivity index (χ0v) is 30.0. The number of anilines is 1. The average molecular weight is 699 g/mol. The van der Waals surface area contributed by atoms with Crippen LogP contribution in [0.2, 0.25) is 0 Å². The number of hydrogen-bond acceptors (Lipinski definition) is 8. The third kappa shape index (κ3) is 8.12. The summed E-state index contributed by atoms with van der Waals surface area (Å²) in [5.74, 6) is 0.124. The Morgan fingerprint density at radius 1 is 0.830 bits per heavy atom. The van der Waals surface area contributed by atoms with Crippen LogP contribution in [0.3, 0.4) is 0 Å². The van der Waals surface area contributed by atoms with Crippen LogP contribution < -0.4 is 5.32 Å². The van der Waals surface area contributed by atoms with Crippen molar-refractivity contribution in [2.75, 3.05) is 31.5 Å². The molecule has 0 bridgehead atoms. The maximum atomic E-state index is 13.4. The van der Waals surface area contributed by atoms with Crippen molar-refractivity contribution in [2.24, 2.45) is 0 Å². The maximum absolute atomic E-state index is 13.4. The molecule has 11 nitrogen and oxygen atoms in total. The Kier molecular flexibility index (Phi) is 12.0. The van der Waals surface area contributed by atoms with E-state index in [1.165, 1.54) is 26.4 Å². The van der Waals surface area contributed by atoms with Gasteiger partial charge >= 0.3 is 0 Å². The number of aryl methyl sites for hydroxylation is 1. The van der Waals surface area contributed by atoms with E-state index in [4.69, 9.17) is 0 Å². The van der Waals surface area contributed by atoms with Gasteiger partial charge < -0.3 is 5.32 Å². The van der Waals surface area contributed by atoms with E-state index in [0.717, 1.165) is 5.56 Å². The molecule has 0 aliphatic heterocycles. The van der Waals surface area contributed by atoms with Crippen molar-refractivity contribution in [1.82, 2.24) is 23.4 Å². The molecule has 1 N–H and O–H groups in total. The lowest BCUT2D eigenvalue weighted by Gasteiger charge is -2.20. The normalized spacial score (nSPS) is 12.9. The Labute approximate surface area is 282 Å². The van der Waals surface area contributed by atoms with Crippen molar-refractivity contribution in [3.8, 4) is 11.4 Å². The molecular weight excluding hydrogens is 657 g/mol. The van der Waals surface area contributed by atoms with Crippen LogP contribution in [0.15, 0.2) is 87.7 Å². The molecule has 0 fully saturated rings. The number of nitrogens with zero attached hydrogens (tertiary/aromatic N) is 5. The Morgan fingerprint density at radius 3 is 2.11 bits per heavy atom. The number of rotatable bonds is 15. The minimum Gasteiger partial charge on any atom is -0.325 e. The number of aromatic nitrogens is 3. The molecule has 1 atom stereocenters. The number of nitrogens with one attached hydrogen (secondary N) is 1. The number of sulfonamides is 2.